The maximum Gasteiger partial charge on any atom is 0.335 e. The SMILES string of the molecule is CC(Br)C(=O)c1cc(C(=O)O)ccc1Br. The molecule has 1 rings (SSSR count). The number of hydrogen-bond acceptors (Lipinski definition) is 2. The molecule has 0 spiro atoms. The molecular formula is C10H8Br2O3. The fourth-order valence-electron chi connectivity index (χ4n) is 1.06. The molecule has 0 radical (unpaired) electrons. The van der Waals surface area contributed by atoms with Crippen LogP contribution in [-0.2, 0) is 0 Å². The smallest absolute Gasteiger partial charge is 0.335 e. The minimum absolute atomic E-state index is 0.106. The molecule has 0 aliphatic heterocycles. The molecule has 0 amide bonds. The maximum absolute atomic E-state index is 11.7. The van der Waals surface area contributed by atoms with Crippen molar-refractivity contribution in [2.75, 3.05) is 0 Å². The topological polar surface area (TPSA) is 54.4 Å². The molecule has 0 aliphatic rings. The van der Waals surface area contributed by atoms with Crippen LogP contribution in [0, 0.1) is 0 Å². The number of carbonyl (C=O) groups is 2. The van der Waals surface area contributed by atoms with Gasteiger partial charge in [-0.05, 0) is 25.1 Å². The lowest BCUT2D eigenvalue weighted by molar-refractivity contribution is 0.0697. The summed E-state index contributed by atoms with van der Waals surface area (Å²) in [7, 11) is 0. The first-order valence-corrected chi connectivity index (χ1v) is 5.85. The highest BCUT2D eigenvalue weighted by atomic mass is 79.9. The third-order valence-electron chi connectivity index (χ3n) is 1.84. The number of aromatic carboxylic acids is 1. The Morgan fingerprint density at radius 1 is 1.40 bits per heavy atom. The molecule has 0 bridgehead atoms. The van der Waals surface area contributed by atoms with Gasteiger partial charge in [-0.15, -0.1) is 0 Å². The summed E-state index contributed by atoms with van der Waals surface area (Å²) < 4.78 is 0.601. The molecule has 0 aromatic heterocycles. The Kier molecular flexibility index (Phi) is 4.04. The largest absolute Gasteiger partial charge is 0.478 e. The lowest BCUT2D eigenvalue weighted by atomic mass is 10.1. The monoisotopic (exact) mass is 334 g/mol. The molecule has 15 heavy (non-hydrogen) atoms. The summed E-state index contributed by atoms with van der Waals surface area (Å²) in [5.41, 5.74) is 0.481. The van der Waals surface area contributed by atoms with Gasteiger partial charge in [0.1, 0.15) is 0 Å². The number of carboxylic acid groups (broad SMARTS) is 1. The van der Waals surface area contributed by atoms with Gasteiger partial charge >= 0.3 is 5.97 Å². The molecule has 0 saturated heterocycles. The van der Waals surface area contributed by atoms with E-state index in [1.165, 1.54) is 12.1 Å². The number of carboxylic acids is 1. The van der Waals surface area contributed by atoms with Crippen molar-refractivity contribution in [3.05, 3.63) is 33.8 Å². The molecule has 5 heteroatoms. The number of alkyl halides is 1. The van der Waals surface area contributed by atoms with Gasteiger partial charge < -0.3 is 5.11 Å². The van der Waals surface area contributed by atoms with Gasteiger partial charge in [0.2, 0.25) is 0 Å². The van der Waals surface area contributed by atoms with E-state index in [2.05, 4.69) is 31.9 Å². The zero-order chi connectivity index (χ0) is 11.6. The highest BCUT2D eigenvalue weighted by molar-refractivity contribution is 9.10. The normalized spacial score (nSPS) is 12.2. The molecule has 0 heterocycles. The fraction of sp³-hybridized carbons (Fsp3) is 0.200. The van der Waals surface area contributed by atoms with E-state index in [0.717, 1.165) is 0 Å². The van der Waals surface area contributed by atoms with Crippen molar-refractivity contribution in [2.45, 2.75) is 11.8 Å². The molecule has 0 aliphatic carbocycles. The second kappa shape index (κ2) is 4.90. The van der Waals surface area contributed by atoms with E-state index in [4.69, 9.17) is 5.11 Å². The van der Waals surface area contributed by atoms with E-state index in [-0.39, 0.29) is 16.2 Å². The molecule has 0 saturated carbocycles. The first-order chi connectivity index (χ1) is 6.93. The summed E-state index contributed by atoms with van der Waals surface area (Å²) in [6.07, 6.45) is 0. The molecule has 3 nitrogen and oxygen atoms in total. The summed E-state index contributed by atoms with van der Waals surface area (Å²) in [4.78, 5) is 22.1. The van der Waals surface area contributed by atoms with E-state index in [1.807, 2.05) is 0 Å². The minimum atomic E-state index is -1.04. The Hall–Kier alpha value is -0.680. The van der Waals surface area contributed by atoms with Crippen molar-refractivity contribution >= 4 is 43.6 Å². The highest BCUT2D eigenvalue weighted by Gasteiger charge is 2.17. The second-order valence-electron chi connectivity index (χ2n) is 2.98. The van der Waals surface area contributed by atoms with Crippen LogP contribution in [0.25, 0.3) is 0 Å². The standard InChI is InChI=1S/C10H8Br2O3/c1-5(11)9(13)7-4-6(10(14)15)2-3-8(7)12/h2-5H,1H3,(H,14,15). The molecule has 1 atom stereocenters. The second-order valence-corrected chi connectivity index (χ2v) is 5.21. The number of benzene rings is 1. The van der Waals surface area contributed by atoms with Crippen molar-refractivity contribution in [1.29, 1.82) is 0 Å². The quantitative estimate of drug-likeness (QED) is 0.682. The Balaban J connectivity index is 3.22. The zero-order valence-electron chi connectivity index (χ0n) is 7.83. The average Bonchev–Trinajstić information content (AvgIpc) is 2.16. The van der Waals surface area contributed by atoms with Crippen LogP contribution in [0.4, 0.5) is 0 Å². The number of carbonyl (C=O) groups excluding carboxylic acids is 1. The third kappa shape index (κ3) is 2.89. The summed E-state index contributed by atoms with van der Waals surface area (Å²) in [6.45, 7) is 1.70. The van der Waals surface area contributed by atoms with Crippen molar-refractivity contribution < 1.29 is 14.7 Å². The highest BCUT2D eigenvalue weighted by Crippen LogP contribution is 2.21. The number of rotatable bonds is 3. The Bertz CT molecular complexity index is 413. The molecule has 0 fully saturated rings. The van der Waals surface area contributed by atoms with Crippen LogP contribution >= 0.6 is 31.9 Å². The first-order valence-electron chi connectivity index (χ1n) is 4.14. The van der Waals surface area contributed by atoms with Crippen molar-refractivity contribution in [3.63, 3.8) is 0 Å². The zero-order valence-corrected chi connectivity index (χ0v) is 11.0. The van der Waals surface area contributed by atoms with Crippen LogP contribution in [0.1, 0.15) is 27.6 Å². The summed E-state index contributed by atoms with van der Waals surface area (Å²) in [5.74, 6) is -1.19. The third-order valence-corrected chi connectivity index (χ3v) is 2.95. The van der Waals surface area contributed by atoms with Crippen LogP contribution in [0.15, 0.2) is 22.7 Å². The number of ketones is 1. The van der Waals surface area contributed by atoms with Gasteiger partial charge in [0.25, 0.3) is 0 Å². The van der Waals surface area contributed by atoms with Crippen LogP contribution in [-0.4, -0.2) is 21.7 Å². The Morgan fingerprint density at radius 2 is 2.00 bits per heavy atom. The Labute approximate surface area is 104 Å². The van der Waals surface area contributed by atoms with Gasteiger partial charge in [-0.2, -0.15) is 0 Å². The van der Waals surface area contributed by atoms with E-state index in [1.54, 1.807) is 13.0 Å². The summed E-state index contributed by atoms with van der Waals surface area (Å²) >= 11 is 6.37. The van der Waals surface area contributed by atoms with Crippen LogP contribution < -0.4 is 0 Å². The van der Waals surface area contributed by atoms with E-state index in [0.29, 0.717) is 10.0 Å². The van der Waals surface area contributed by atoms with Gasteiger partial charge in [0.05, 0.1) is 10.4 Å². The van der Waals surface area contributed by atoms with Crippen molar-refractivity contribution in [3.8, 4) is 0 Å². The lowest BCUT2D eigenvalue weighted by Gasteiger charge is -2.06. The van der Waals surface area contributed by atoms with Gasteiger partial charge in [-0.1, -0.05) is 31.9 Å². The van der Waals surface area contributed by atoms with E-state index in [9.17, 15) is 9.59 Å². The van der Waals surface area contributed by atoms with Crippen LogP contribution in [0.2, 0.25) is 0 Å². The fourth-order valence-corrected chi connectivity index (χ4v) is 1.75. The van der Waals surface area contributed by atoms with Gasteiger partial charge in [0, 0.05) is 10.0 Å². The first kappa shape index (κ1) is 12.4. The molecule has 1 unspecified atom stereocenters. The number of halogens is 2. The minimum Gasteiger partial charge on any atom is -0.478 e. The summed E-state index contributed by atoms with van der Waals surface area (Å²) in [6, 6.07) is 4.38. The van der Waals surface area contributed by atoms with Gasteiger partial charge in [-0.3, -0.25) is 4.79 Å². The van der Waals surface area contributed by atoms with E-state index >= 15 is 0 Å². The van der Waals surface area contributed by atoms with Gasteiger partial charge in [-0.25, -0.2) is 4.79 Å². The van der Waals surface area contributed by atoms with E-state index < -0.39 is 5.97 Å². The summed E-state index contributed by atoms with van der Waals surface area (Å²) in [5, 5.41) is 8.78. The van der Waals surface area contributed by atoms with Crippen molar-refractivity contribution in [2.24, 2.45) is 0 Å². The molecule has 1 N–H and O–H groups in total. The molecular weight excluding hydrogens is 328 g/mol. The van der Waals surface area contributed by atoms with Crippen molar-refractivity contribution in [1.82, 2.24) is 0 Å². The van der Waals surface area contributed by atoms with Crippen LogP contribution in [0.5, 0.6) is 0 Å². The molecule has 1 aromatic carbocycles. The Morgan fingerprint density at radius 3 is 2.47 bits per heavy atom. The predicted molar refractivity (Wildman–Crippen MR) is 63.8 cm³/mol. The predicted octanol–water partition coefficient (Wildman–Crippen LogP) is 3.11. The molecule has 1 aromatic rings. The average molecular weight is 336 g/mol. The van der Waals surface area contributed by atoms with Crippen LogP contribution in [0.3, 0.4) is 0 Å². The number of Topliss-reactive ketones (excluding diaryl/α,β-unsaturated/α-hetero) is 1. The number of hydrogen-bond donors (Lipinski definition) is 1. The maximum atomic E-state index is 11.7. The lowest BCUT2D eigenvalue weighted by Crippen LogP contribution is -2.12. The molecule has 80 valence electrons. The van der Waals surface area contributed by atoms with Gasteiger partial charge in [0.15, 0.2) is 5.78 Å².